The van der Waals surface area contributed by atoms with Crippen molar-refractivity contribution in [2.45, 2.75) is 78.4 Å². The molecule has 3 aliphatic carbocycles. The maximum absolute atomic E-state index is 12.3. The number of ether oxygens (including phenoxy) is 2. The number of furan rings is 1. The number of rotatable bonds is 3. The van der Waals surface area contributed by atoms with Crippen molar-refractivity contribution in [3.63, 3.8) is 0 Å². The number of aldehydes is 1. The average Bonchev–Trinajstić information content (AvgIpc) is 3.10. The molecule has 7 atom stereocenters. The molecule has 6 heteroatoms. The zero-order chi connectivity index (χ0) is 21.8. The lowest BCUT2D eigenvalue weighted by molar-refractivity contribution is -0.236. The number of carbonyl (C=O) groups is 3. The van der Waals surface area contributed by atoms with Crippen LogP contribution in [-0.4, -0.2) is 30.4 Å². The SMILES string of the molecule is CC(=O)OC1C(OC(C)=O)C2C(C)(C)CCCC2(C)C2Cc3occc3C(C=O)C12. The highest BCUT2D eigenvalue weighted by atomic mass is 16.6. The fraction of sp³-hybridized carbons (Fsp3) is 0.708. The lowest BCUT2D eigenvalue weighted by Crippen LogP contribution is -2.66. The van der Waals surface area contributed by atoms with Crippen LogP contribution in [0, 0.1) is 28.6 Å². The van der Waals surface area contributed by atoms with Gasteiger partial charge in [0.25, 0.3) is 0 Å². The van der Waals surface area contributed by atoms with Crippen LogP contribution >= 0.6 is 0 Å². The maximum atomic E-state index is 12.3. The first-order chi connectivity index (χ1) is 14.1. The predicted molar refractivity (Wildman–Crippen MR) is 109 cm³/mol. The van der Waals surface area contributed by atoms with E-state index in [0.717, 1.165) is 36.9 Å². The maximum Gasteiger partial charge on any atom is 0.303 e. The summed E-state index contributed by atoms with van der Waals surface area (Å²) in [5.41, 5.74) is 0.591. The first-order valence-corrected chi connectivity index (χ1v) is 11.0. The van der Waals surface area contributed by atoms with Crippen molar-refractivity contribution >= 4 is 18.2 Å². The van der Waals surface area contributed by atoms with Gasteiger partial charge in [0.2, 0.25) is 0 Å². The van der Waals surface area contributed by atoms with Crippen LogP contribution in [0.2, 0.25) is 0 Å². The van der Waals surface area contributed by atoms with Gasteiger partial charge in [0.05, 0.1) is 6.26 Å². The average molecular weight is 417 g/mol. The Kier molecular flexibility index (Phi) is 5.10. The van der Waals surface area contributed by atoms with Gasteiger partial charge in [-0.1, -0.05) is 27.2 Å². The van der Waals surface area contributed by atoms with Crippen molar-refractivity contribution in [1.29, 1.82) is 0 Å². The van der Waals surface area contributed by atoms with Gasteiger partial charge in [-0.05, 0) is 35.7 Å². The van der Waals surface area contributed by atoms with E-state index in [2.05, 4.69) is 20.8 Å². The minimum Gasteiger partial charge on any atom is -0.469 e. The number of hydrogen-bond donors (Lipinski definition) is 0. The van der Waals surface area contributed by atoms with E-state index in [1.807, 2.05) is 6.07 Å². The summed E-state index contributed by atoms with van der Waals surface area (Å²) in [6.45, 7) is 9.48. The molecule has 164 valence electrons. The zero-order valence-corrected chi connectivity index (χ0v) is 18.5. The molecule has 0 saturated heterocycles. The normalized spacial score (nSPS) is 39.1. The van der Waals surface area contributed by atoms with Gasteiger partial charge < -0.3 is 18.7 Å². The summed E-state index contributed by atoms with van der Waals surface area (Å²) >= 11 is 0. The molecular formula is C24H32O6. The van der Waals surface area contributed by atoms with Crippen molar-refractivity contribution in [2.75, 3.05) is 0 Å². The summed E-state index contributed by atoms with van der Waals surface area (Å²) in [6.07, 6.45) is 5.11. The number of hydrogen-bond acceptors (Lipinski definition) is 6. The minimum absolute atomic E-state index is 0.0112. The lowest BCUT2D eigenvalue weighted by atomic mass is 9.42. The Hall–Kier alpha value is -2.11. The molecule has 3 aliphatic rings. The lowest BCUT2D eigenvalue weighted by Gasteiger charge is -2.64. The van der Waals surface area contributed by atoms with E-state index in [1.54, 1.807) is 6.26 Å². The van der Waals surface area contributed by atoms with Gasteiger partial charge in [0.1, 0.15) is 24.3 Å². The van der Waals surface area contributed by atoms with Crippen LogP contribution < -0.4 is 0 Å². The molecule has 0 radical (unpaired) electrons. The fourth-order valence-corrected chi connectivity index (χ4v) is 7.31. The highest BCUT2D eigenvalue weighted by molar-refractivity contribution is 5.69. The van der Waals surface area contributed by atoms with Gasteiger partial charge in [0.15, 0.2) is 0 Å². The van der Waals surface area contributed by atoms with Crippen molar-refractivity contribution in [3.8, 4) is 0 Å². The van der Waals surface area contributed by atoms with Crippen LogP contribution in [0.25, 0.3) is 0 Å². The second-order valence-electron chi connectivity index (χ2n) is 10.3. The second-order valence-corrected chi connectivity index (χ2v) is 10.3. The summed E-state index contributed by atoms with van der Waals surface area (Å²) in [5, 5.41) is 0. The monoisotopic (exact) mass is 416 g/mol. The molecule has 0 spiro atoms. The van der Waals surface area contributed by atoms with Gasteiger partial charge >= 0.3 is 11.9 Å². The number of carbonyl (C=O) groups excluding carboxylic acids is 3. The molecule has 2 fully saturated rings. The third-order valence-corrected chi connectivity index (χ3v) is 8.14. The molecule has 7 unspecified atom stereocenters. The summed E-state index contributed by atoms with van der Waals surface area (Å²) < 4.78 is 17.6. The fourth-order valence-electron chi connectivity index (χ4n) is 7.31. The highest BCUT2D eigenvalue weighted by Crippen LogP contribution is 2.65. The Morgan fingerprint density at radius 2 is 1.77 bits per heavy atom. The van der Waals surface area contributed by atoms with Crippen molar-refractivity contribution in [1.82, 2.24) is 0 Å². The molecule has 30 heavy (non-hydrogen) atoms. The molecule has 1 aromatic rings. The highest BCUT2D eigenvalue weighted by Gasteiger charge is 2.66. The van der Waals surface area contributed by atoms with Gasteiger partial charge in [0, 0.05) is 43.6 Å². The van der Waals surface area contributed by atoms with Gasteiger partial charge in [-0.25, -0.2) is 0 Å². The first kappa shape index (κ1) is 21.1. The smallest absolute Gasteiger partial charge is 0.303 e. The predicted octanol–water partition coefficient (Wildman–Crippen LogP) is 4.06. The van der Waals surface area contributed by atoms with E-state index < -0.39 is 24.1 Å². The molecule has 1 heterocycles. The minimum atomic E-state index is -0.662. The van der Waals surface area contributed by atoms with Crippen LogP contribution in [0.1, 0.15) is 71.1 Å². The van der Waals surface area contributed by atoms with Crippen molar-refractivity contribution in [2.24, 2.45) is 28.6 Å². The summed E-state index contributed by atoms with van der Waals surface area (Å²) in [6, 6.07) is 1.84. The molecular weight excluding hydrogens is 384 g/mol. The Labute approximate surface area is 177 Å². The molecule has 0 amide bonds. The summed E-state index contributed by atoms with van der Waals surface area (Å²) in [4.78, 5) is 36.6. The molecule has 0 aromatic carbocycles. The van der Waals surface area contributed by atoms with Gasteiger partial charge in [-0.2, -0.15) is 0 Å². The Balaban J connectivity index is 1.92. The van der Waals surface area contributed by atoms with Crippen LogP contribution in [0.15, 0.2) is 16.7 Å². The van der Waals surface area contributed by atoms with E-state index >= 15 is 0 Å². The molecule has 0 aliphatic heterocycles. The Morgan fingerprint density at radius 1 is 1.10 bits per heavy atom. The largest absolute Gasteiger partial charge is 0.469 e. The topological polar surface area (TPSA) is 82.8 Å². The third-order valence-electron chi connectivity index (χ3n) is 8.14. The van der Waals surface area contributed by atoms with Crippen molar-refractivity contribution < 1.29 is 28.3 Å². The van der Waals surface area contributed by atoms with Crippen LogP contribution in [-0.2, 0) is 30.3 Å². The zero-order valence-electron chi connectivity index (χ0n) is 18.5. The molecule has 4 rings (SSSR count). The first-order valence-electron chi connectivity index (χ1n) is 11.0. The Bertz CT molecular complexity index is 854. The molecule has 6 nitrogen and oxygen atoms in total. The molecule has 1 aromatic heterocycles. The van der Waals surface area contributed by atoms with Crippen LogP contribution in [0.4, 0.5) is 0 Å². The number of esters is 2. The van der Waals surface area contributed by atoms with E-state index in [4.69, 9.17) is 13.9 Å². The standard InChI is InChI=1S/C24H32O6/c1-13(26)29-20-19-16(12-25)15-7-10-28-18(15)11-17(19)24(5)9-6-8-23(3,4)22(24)21(20)30-14(2)27/h7,10,12,16-17,19-22H,6,8-9,11H2,1-5H3. The quantitative estimate of drug-likeness (QED) is 0.546. The van der Waals surface area contributed by atoms with Crippen LogP contribution in [0.5, 0.6) is 0 Å². The molecule has 0 N–H and O–H groups in total. The van der Waals surface area contributed by atoms with E-state index in [-0.39, 0.29) is 34.6 Å². The van der Waals surface area contributed by atoms with Crippen molar-refractivity contribution in [3.05, 3.63) is 23.7 Å². The Morgan fingerprint density at radius 3 is 2.40 bits per heavy atom. The molecule has 0 bridgehead atoms. The van der Waals surface area contributed by atoms with Gasteiger partial charge in [-0.3, -0.25) is 9.59 Å². The summed E-state index contributed by atoms with van der Waals surface area (Å²) in [5.74, 6) is -0.565. The van der Waals surface area contributed by atoms with Gasteiger partial charge in [-0.15, -0.1) is 0 Å². The van der Waals surface area contributed by atoms with E-state index in [9.17, 15) is 14.4 Å². The van der Waals surface area contributed by atoms with E-state index in [1.165, 1.54) is 13.8 Å². The van der Waals surface area contributed by atoms with E-state index in [0.29, 0.717) is 6.42 Å². The number of fused-ring (bicyclic) bond motifs is 4. The second kappa shape index (κ2) is 7.24. The summed E-state index contributed by atoms with van der Waals surface area (Å²) in [7, 11) is 0. The third kappa shape index (κ3) is 3.10. The van der Waals surface area contributed by atoms with Crippen LogP contribution in [0.3, 0.4) is 0 Å². The molecule has 2 saturated carbocycles.